The largest absolute Gasteiger partial charge is 0.378 e. The normalized spacial score (nSPS) is 14.1. The number of nitrogens with one attached hydrogen (secondary N) is 1. The van der Waals surface area contributed by atoms with Crippen molar-refractivity contribution in [2.24, 2.45) is 0 Å². The maximum atomic E-state index is 14.1. The summed E-state index contributed by atoms with van der Waals surface area (Å²) in [4.78, 5) is 27.0. The molecule has 0 saturated carbocycles. The van der Waals surface area contributed by atoms with E-state index in [1.54, 1.807) is 35.2 Å². The highest BCUT2D eigenvalue weighted by molar-refractivity contribution is 7.92. The molecule has 2 amide bonds. The van der Waals surface area contributed by atoms with Gasteiger partial charge in [-0.3, -0.25) is 13.9 Å². The van der Waals surface area contributed by atoms with Gasteiger partial charge in [0, 0.05) is 26.1 Å². The molecule has 2 aromatic rings. The van der Waals surface area contributed by atoms with Crippen LogP contribution >= 0.6 is 0 Å². The van der Waals surface area contributed by atoms with Crippen molar-refractivity contribution < 1.29 is 27.1 Å². The van der Waals surface area contributed by atoms with E-state index in [1.165, 1.54) is 18.2 Å². The number of morpholine rings is 1. The second kappa shape index (κ2) is 10.6. The molecule has 1 fully saturated rings. The van der Waals surface area contributed by atoms with Crippen LogP contribution in [-0.4, -0.2) is 64.2 Å². The second-order valence-corrected chi connectivity index (χ2v) is 9.30. The lowest BCUT2D eigenvalue weighted by atomic mass is 10.1. The molecule has 0 bridgehead atoms. The number of nitrogens with zero attached hydrogens (tertiary/aromatic N) is 2. The molecule has 32 heavy (non-hydrogen) atoms. The second-order valence-electron chi connectivity index (χ2n) is 7.39. The van der Waals surface area contributed by atoms with Crippen molar-refractivity contribution in [1.29, 1.82) is 0 Å². The van der Waals surface area contributed by atoms with Crippen molar-refractivity contribution in [1.82, 2.24) is 4.90 Å². The Labute approximate surface area is 187 Å². The summed E-state index contributed by atoms with van der Waals surface area (Å²) in [6.07, 6.45) is 1.17. The summed E-state index contributed by atoms with van der Waals surface area (Å²) in [7, 11) is -3.73. The molecule has 172 valence electrons. The van der Waals surface area contributed by atoms with Crippen LogP contribution in [0.5, 0.6) is 0 Å². The van der Waals surface area contributed by atoms with Crippen LogP contribution in [0.15, 0.2) is 48.5 Å². The van der Waals surface area contributed by atoms with Crippen LogP contribution in [0.25, 0.3) is 0 Å². The van der Waals surface area contributed by atoms with Crippen LogP contribution in [0.3, 0.4) is 0 Å². The van der Waals surface area contributed by atoms with Crippen LogP contribution in [0, 0.1) is 5.82 Å². The molecule has 3 rings (SSSR count). The lowest BCUT2D eigenvalue weighted by Crippen LogP contribution is -2.41. The van der Waals surface area contributed by atoms with E-state index in [-0.39, 0.29) is 36.9 Å². The number of hydrogen-bond acceptors (Lipinski definition) is 5. The fraction of sp³-hybridized carbons (Fsp3) is 0.364. The zero-order valence-corrected chi connectivity index (χ0v) is 18.6. The summed E-state index contributed by atoms with van der Waals surface area (Å²) < 4.78 is 44.6. The molecule has 0 unspecified atom stereocenters. The summed E-state index contributed by atoms with van der Waals surface area (Å²) >= 11 is 0. The molecule has 0 spiro atoms. The van der Waals surface area contributed by atoms with E-state index in [1.807, 2.05) is 0 Å². The Morgan fingerprint density at radius 3 is 2.44 bits per heavy atom. The van der Waals surface area contributed by atoms with Gasteiger partial charge in [0.05, 0.1) is 36.4 Å². The third-order valence-corrected chi connectivity index (χ3v) is 6.20. The van der Waals surface area contributed by atoms with Crippen molar-refractivity contribution in [3.8, 4) is 0 Å². The topological polar surface area (TPSA) is 96.0 Å². The summed E-state index contributed by atoms with van der Waals surface area (Å²) in [6, 6.07) is 12.3. The molecule has 2 aromatic carbocycles. The minimum absolute atomic E-state index is 0.000547. The van der Waals surface area contributed by atoms with Crippen molar-refractivity contribution in [3.63, 3.8) is 0 Å². The number of hydrogen-bond donors (Lipinski definition) is 1. The van der Waals surface area contributed by atoms with Crippen LogP contribution < -0.4 is 9.62 Å². The van der Waals surface area contributed by atoms with Gasteiger partial charge in [-0.25, -0.2) is 12.8 Å². The van der Waals surface area contributed by atoms with Gasteiger partial charge < -0.3 is 15.0 Å². The lowest BCUT2D eigenvalue weighted by Gasteiger charge is -2.27. The zero-order valence-electron chi connectivity index (χ0n) is 17.8. The highest BCUT2D eigenvalue weighted by Gasteiger charge is 2.23. The molecule has 0 atom stereocenters. The molecule has 1 saturated heterocycles. The van der Waals surface area contributed by atoms with Gasteiger partial charge in [0.15, 0.2) is 0 Å². The number of ether oxygens (including phenoxy) is 1. The number of carbonyl (C=O) groups excluding carboxylic acids is 2. The molecule has 0 aromatic heterocycles. The first-order chi connectivity index (χ1) is 15.3. The number of para-hydroxylation sites is 2. The smallest absolute Gasteiger partial charge is 0.256 e. The molecule has 1 aliphatic heterocycles. The van der Waals surface area contributed by atoms with Crippen molar-refractivity contribution in [2.45, 2.75) is 12.8 Å². The van der Waals surface area contributed by atoms with Gasteiger partial charge in [-0.2, -0.15) is 0 Å². The van der Waals surface area contributed by atoms with Crippen LogP contribution in [0.1, 0.15) is 23.2 Å². The zero-order chi connectivity index (χ0) is 23.1. The maximum Gasteiger partial charge on any atom is 0.256 e. The molecule has 8 nitrogen and oxygen atoms in total. The Balaban J connectivity index is 1.63. The molecule has 1 heterocycles. The van der Waals surface area contributed by atoms with Crippen molar-refractivity contribution >= 4 is 33.2 Å². The molecular weight excluding hydrogens is 437 g/mol. The summed E-state index contributed by atoms with van der Waals surface area (Å²) in [5.41, 5.74) is 0.715. The first kappa shape index (κ1) is 23.7. The predicted molar refractivity (Wildman–Crippen MR) is 120 cm³/mol. The van der Waals surface area contributed by atoms with Gasteiger partial charge in [0.1, 0.15) is 5.82 Å². The van der Waals surface area contributed by atoms with E-state index in [0.29, 0.717) is 37.6 Å². The van der Waals surface area contributed by atoms with E-state index in [0.717, 1.165) is 10.6 Å². The van der Waals surface area contributed by atoms with Gasteiger partial charge in [0.25, 0.3) is 5.91 Å². The standard InChI is InChI=1S/C22H26FN3O5S/c1-32(29,30)26(20-10-5-3-8-18(20)23)12-6-11-21(27)24-19-9-4-2-7-17(19)22(28)25-13-15-31-16-14-25/h2-5,7-10H,6,11-16H2,1H3,(H,24,27). The molecule has 1 aliphatic rings. The number of halogens is 1. The first-order valence-corrected chi connectivity index (χ1v) is 12.1. The Morgan fingerprint density at radius 2 is 1.75 bits per heavy atom. The van der Waals surface area contributed by atoms with Gasteiger partial charge in [0.2, 0.25) is 15.9 Å². The number of carbonyl (C=O) groups is 2. The van der Waals surface area contributed by atoms with Crippen molar-refractivity contribution in [2.75, 3.05) is 48.7 Å². The SMILES string of the molecule is CS(=O)(=O)N(CCCC(=O)Nc1ccccc1C(=O)N1CCOCC1)c1ccccc1F. The Bertz CT molecular complexity index is 1070. The first-order valence-electron chi connectivity index (χ1n) is 10.3. The molecule has 0 radical (unpaired) electrons. The Kier molecular flexibility index (Phi) is 7.81. The van der Waals surface area contributed by atoms with E-state index >= 15 is 0 Å². The van der Waals surface area contributed by atoms with Gasteiger partial charge >= 0.3 is 0 Å². The van der Waals surface area contributed by atoms with E-state index in [2.05, 4.69) is 5.32 Å². The van der Waals surface area contributed by atoms with Crippen LogP contribution in [0.2, 0.25) is 0 Å². The minimum Gasteiger partial charge on any atom is -0.378 e. The number of anilines is 2. The Morgan fingerprint density at radius 1 is 1.09 bits per heavy atom. The highest BCUT2D eigenvalue weighted by Crippen LogP contribution is 2.22. The summed E-state index contributed by atoms with van der Waals surface area (Å²) in [5.74, 6) is -1.21. The van der Waals surface area contributed by atoms with Gasteiger partial charge in [-0.05, 0) is 30.7 Å². The fourth-order valence-corrected chi connectivity index (χ4v) is 4.40. The van der Waals surface area contributed by atoms with Crippen LogP contribution in [0.4, 0.5) is 15.8 Å². The highest BCUT2D eigenvalue weighted by atomic mass is 32.2. The fourth-order valence-electron chi connectivity index (χ4n) is 3.43. The monoisotopic (exact) mass is 463 g/mol. The summed E-state index contributed by atoms with van der Waals surface area (Å²) in [5, 5.41) is 2.73. The van der Waals surface area contributed by atoms with E-state index in [4.69, 9.17) is 4.74 Å². The van der Waals surface area contributed by atoms with E-state index < -0.39 is 15.8 Å². The number of benzene rings is 2. The molecule has 0 aliphatic carbocycles. The number of amides is 2. The maximum absolute atomic E-state index is 14.1. The third-order valence-electron chi connectivity index (χ3n) is 5.02. The van der Waals surface area contributed by atoms with E-state index in [9.17, 15) is 22.4 Å². The number of rotatable bonds is 8. The molecular formula is C22H26FN3O5S. The van der Waals surface area contributed by atoms with Crippen LogP contribution in [-0.2, 0) is 19.6 Å². The van der Waals surface area contributed by atoms with Gasteiger partial charge in [-0.15, -0.1) is 0 Å². The third kappa shape index (κ3) is 6.04. The molecule has 10 heteroatoms. The average molecular weight is 464 g/mol. The molecule has 1 N–H and O–H groups in total. The lowest BCUT2D eigenvalue weighted by molar-refractivity contribution is -0.116. The number of sulfonamides is 1. The van der Waals surface area contributed by atoms with Crippen molar-refractivity contribution in [3.05, 3.63) is 59.9 Å². The summed E-state index contributed by atoms with van der Waals surface area (Å²) in [6.45, 7) is 1.86. The predicted octanol–water partition coefficient (Wildman–Crippen LogP) is 2.48. The average Bonchev–Trinajstić information content (AvgIpc) is 2.77. The Hall–Kier alpha value is -2.98. The minimum atomic E-state index is -3.73. The van der Waals surface area contributed by atoms with Gasteiger partial charge in [-0.1, -0.05) is 24.3 Å². The quantitative estimate of drug-likeness (QED) is 0.649.